The van der Waals surface area contributed by atoms with Gasteiger partial charge in [0.05, 0.1) is 30.2 Å². The van der Waals surface area contributed by atoms with Gasteiger partial charge in [0.15, 0.2) is 23.9 Å². The molecule has 0 aliphatic carbocycles. The third-order valence-electron chi connectivity index (χ3n) is 4.65. The third kappa shape index (κ3) is 5.55. The third-order valence-corrected chi connectivity index (χ3v) is 4.98. The van der Waals surface area contributed by atoms with Gasteiger partial charge in [-0.3, -0.25) is 10.2 Å². The predicted molar refractivity (Wildman–Crippen MR) is 129 cm³/mol. The van der Waals surface area contributed by atoms with Crippen LogP contribution in [0, 0.1) is 0 Å². The molecule has 0 saturated heterocycles. The Morgan fingerprint density at radius 2 is 1.91 bits per heavy atom. The van der Waals surface area contributed by atoms with Crippen molar-refractivity contribution in [3.05, 3.63) is 83.5 Å². The summed E-state index contributed by atoms with van der Waals surface area (Å²) in [5, 5.41) is 17.4. The van der Waals surface area contributed by atoms with Crippen LogP contribution in [0.4, 0.5) is 11.5 Å². The molecule has 0 aliphatic heterocycles. The van der Waals surface area contributed by atoms with Crippen molar-refractivity contribution in [3.63, 3.8) is 0 Å². The molecule has 33 heavy (non-hydrogen) atoms. The lowest BCUT2D eigenvalue weighted by Crippen LogP contribution is -2.20. The van der Waals surface area contributed by atoms with Gasteiger partial charge in [0, 0.05) is 10.8 Å². The minimum absolute atomic E-state index is 0.198. The lowest BCUT2D eigenvalue weighted by molar-refractivity contribution is -0.118. The quantitative estimate of drug-likeness (QED) is 0.290. The number of aromatic nitrogens is 2. The highest BCUT2D eigenvalue weighted by Crippen LogP contribution is 2.28. The number of ether oxygens (including phenoxy) is 2. The summed E-state index contributed by atoms with van der Waals surface area (Å²) < 4.78 is 11.0. The number of hydrogen-bond donors (Lipinski definition) is 2. The fourth-order valence-electron chi connectivity index (χ4n) is 3.05. The highest BCUT2D eigenvalue weighted by atomic mass is 35.5. The summed E-state index contributed by atoms with van der Waals surface area (Å²) in [6, 6.07) is 20.0. The first-order valence-corrected chi connectivity index (χ1v) is 10.4. The van der Waals surface area contributed by atoms with E-state index >= 15 is 0 Å². The number of carbonyl (C=O) groups is 1. The maximum atomic E-state index is 12.2. The molecule has 0 saturated carbocycles. The molecule has 3 aromatic carbocycles. The maximum absolute atomic E-state index is 12.2. The minimum atomic E-state index is -0.337. The van der Waals surface area contributed by atoms with E-state index in [4.69, 9.17) is 21.1 Å². The molecule has 2 N–H and O–H groups in total. The molecule has 9 heteroatoms. The first-order valence-electron chi connectivity index (χ1n) is 9.99. The summed E-state index contributed by atoms with van der Waals surface area (Å²) in [6.45, 7) is -0.198. The van der Waals surface area contributed by atoms with Crippen LogP contribution < -0.4 is 20.2 Å². The molecule has 0 unspecified atom stereocenters. The maximum Gasteiger partial charge on any atom is 0.262 e. The average Bonchev–Trinajstić information content (AvgIpc) is 2.84. The molecular weight excluding hydrogens is 442 g/mol. The number of anilines is 2. The van der Waals surface area contributed by atoms with E-state index in [-0.39, 0.29) is 12.5 Å². The Bertz CT molecular complexity index is 1310. The zero-order valence-corrected chi connectivity index (χ0v) is 18.4. The number of halogens is 1. The summed E-state index contributed by atoms with van der Waals surface area (Å²) in [5.41, 5.74) is 4.20. The largest absolute Gasteiger partial charge is 0.493 e. The van der Waals surface area contributed by atoms with Crippen molar-refractivity contribution in [2.24, 2.45) is 5.10 Å². The fourth-order valence-corrected chi connectivity index (χ4v) is 3.24. The molecule has 0 spiro atoms. The molecule has 166 valence electrons. The van der Waals surface area contributed by atoms with Crippen LogP contribution in [0.25, 0.3) is 10.8 Å². The monoisotopic (exact) mass is 461 g/mol. The molecule has 0 bridgehead atoms. The molecule has 1 heterocycles. The van der Waals surface area contributed by atoms with E-state index in [0.29, 0.717) is 28.0 Å². The zero-order valence-electron chi connectivity index (χ0n) is 17.7. The van der Waals surface area contributed by atoms with Crippen LogP contribution in [0.1, 0.15) is 5.56 Å². The number of hydrogen-bond acceptors (Lipinski definition) is 7. The van der Waals surface area contributed by atoms with Gasteiger partial charge in [0.2, 0.25) is 0 Å². The molecule has 0 aliphatic rings. The van der Waals surface area contributed by atoms with Gasteiger partial charge >= 0.3 is 0 Å². The molecule has 4 rings (SSSR count). The average molecular weight is 462 g/mol. The van der Waals surface area contributed by atoms with Crippen molar-refractivity contribution in [3.8, 4) is 11.5 Å². The first-order chi connectivity index (χ1) is 16.1. The number of benzene rings is 3. The number of hydrazone groups is 1. The second kappa shape index (κ2) is 10.4. The Morgan fingerprint density at radius 1 is 1.09 bits per heavy atom. The normalized spacial score (nSPS) is 10.8. The highest BCUT2D eigenvalue weighted by Gasteiger charge is 2.10. The number of amides is 1. The van der Waals surface area contributed by atoms with Crippen molar-refractivity contribution in [2.75, 3.05) is 24.5 Å². The molecule has 0 radical (unpaired) electrons. The molecule has 1 aromatic heterocycles. The van der Waals surface area contributed by atoms with Crippen LogP contribution in [-0.2, 0) is 4.79 Å². The van der Waals surface area contributed by atoms with E-state index < -0.39 is 0 Å². The number of para-hydroxylation sites is 1. The Morgan fingerprint density at radius 3 is 2.76 bits per heavy atom. The number of rotatable bonds is 8. The van der Waals surface area contributed by atoms with Crippen molar-refractivity contribution in [2.45, 2.75) is 0 Å². The minimum Gasteiger partial charge on any atom is -0.493 e. The Hall–Kier alpha value is -4.17. The SMILES string of the molecule is COc1cc(C=NNc2nncc3ccccc23)ccc1OCC(=O)Nc1ccccc1Cl. The topological polar surface area (TPSA) is 97.7 Å². The lowest BCUT2D eigenvalue weighted by atomic mass is 10.2. The van der Waals surface area contributed by atoms with Gasteiger partial charge in [0.1, 0.15) is 0 Å². The van der Waals surface area contributed by atoms with Crippen LogP contribution in [0.2, 0.25) is 5.02 Å². The number of methoxy groups -OCH3 is 1. The van der Waals surface area contributed by atoms with Crippen molar-refractivity contribution >= 4 is 46.0 Å². The second-order valence-corrected chi connectivity index (χ2v) is 7.28. The molecule has 8 nitrogen and oxygen atoms in total. The number of carbonyl (C=O) groups excluding carboxylic acids is 1. The summed E-state index contributed by atoms with van der Waals surface area (Å²) >= 11 is 6.06. The summed E-state index contributed by atoms with van der Waals surface area (Å²) in [7, 11) is 1.52. The first kappa shape index (κ1) is 22.0. The Kier molecular flexibility index (Phi) is 6.96. The van der Waals surface area contributed by atoms with Crippen molar-refractivity contribution in [1.82, 2.24) is 10.2 Å². The second-order valence-electron chi connectivity index (χ2n) is 6.88. The van der Waals surface area contributed by atoms with E-state index in [1.54, 1.807) is 54.9 Å². The highest BCUT2D eigenvalue weighted by molar-refractivity contribution is 6.33. The van der Waals surface area contributed by atoms with Gasteiger partial charge in [-0.1, -0.05) is 48.0 Å². The van der Waals surface area contributed by atoms with Gasteiger partial charge in [-0.05, 0) is 35.9 Å². The van der Waals surface area contributed by atoms with Gasteiger partial charge in [0.25, 0.3) is 5.91 Å². The number of fused-ring (bicyclic) bond motifs is 1. The molecule has 4 aromatic rings. The van der Waals surface area contributed by atoms with E-state index in [0.717, 1.165) is 16.3 Å². The van der Waals surface area contributed by atoms with Crippen LogP contribution >= 0.6 is 11.6 Å². The van der Waals surface area contributed by atoms with Gasteiger partial charge < -0.3 is 14.8 Å². The molecule has 0 fully saturated rings. The van der Waals surface area contributed by atoms with Crippen molar-refractivity contribution < 1.29 is 14.3 Å². The fraction of sp³-hybridized carbons (Fsp3) is 0.0833. The molecular formula is C24H20ClN5O3. The number of nitrogens with one attached hydrogen (secondary N) is 2. The zero-order chi connectivity index (χ0) is 23.0. The van der Waals surface area contributed by atoms with Gasteiger partial charge in [-0.2, -0.15) is 10.2 Å². The lowest BCUT2D eigenvalue weighted by Gasteiger charge is -2.12. The molecule has 1 amide bonds. The predicted octanol–water partition coefficient (Wildman–Crippen LogP) is 4.76. The summed E-state index contributed by atoms with van der Waals surface area (Å²) in [5.74, 6) is 1.11. The molecule has 0 atom stereocenters. The Labute approximate surface area is 195 Å². The van der Waals surface area contributed by atoms with Gasteiger partial charge in [-0.25, -0.2) is 0 Å². The van der Waals surface area contributed by atoms with E-state index in [2.05, 4.69) is 26.0 Å². The Balaban J connectivity index is 1.39. The van der Waals surface area contributed by atoms with Crippen LogP contribution in [-0.4, -0.2) is 36.0 Å². The van der Waals surface area contributed by atoms with Crippen LogP contribution in [0.5, 0.6) is 11.5 Å². The standard InChI is InChI=1S/C24H20ClN5O3/c1-32-22-12-16(13-26-29-24-18-7-3-2-6-17(18)14-27-30-24)10-11-21(22)33-15-23(31)28-20-9-5-4-8-19(20)25/h2-14H,15H2,1H3,(H,28,31)(H,29,30). The van der Waals surface area contributed by atoms with Crippen LogP contribution in [0.15, 0.2) is 78.0 Å². The van der Waals surface area contributed by atoms with Crippen molar-refractivity contribution in [1.29, 1.82) is 0 Å². The summed E-state index contributed by atoms with van der Waals surface area (Å²) in [4.78, 5) is 12.2. The van der Waals surface area contributed by atoms with E-state index in [1.165, 1.54) is 7.11 Å². The summed E-state index contributed by atoms with van der Waals surface area (Å²) in [6.07, 6.45) is 3.32. The van der Waals surface area contributed by atoms with E-state index in [1.807, 2.05) is 24.3 Å². The van der Waals surface area contributed by atoms with Gasteiger partial charge in [-0.15, -0.1) is 5.10 Å². The smallest absolute Gasteiger partial charge is 0.262 e. The van der Waals surface area contributed by atoms with Crippen LogP contribution in [0.3, 0.4) is 0 Å². The number of nitrogens with zero attached hydrogens (tertiary/aromatic N) is 3. The van der Waals surface area contributed by atoms with E-state index in [9.17, 15) is 4.79 Å².